The maximum absolute atomic E-state index is 9.75. The second-order valence-electron chi connectivity index (χ2n) is 28.5. The Hall–Kier alpha value is -3.52. The Kier molecular flexibility index (Phi) is 12.8. The molecule has 0 aromatic heterocycles. The average Bonchev–Trinajstić information content (AvgIpc) is 3.98. The van der Waals surface area contributed by atoms with Crippen LogP contribution in [0.2, 0.25) is 0 Å². The molecule has 0 N–H and O–H groups in total. The van der Waals surface area contributed by atoms with Crippen molar-refractivity contribution in [2.75, 3.05) is 0 Å². The molecule has 6 aromatic rings. The van der Waals surface area contributed by atoms with Crippen molar-refractivity contribution < 1.29 is 16.4 Å². The molecule has 0 radical (unpaired) electrons. The van der Waals surface area contributed by atoms with Crippen LogP contribution in [-0.2, 0) is 38.1 Å². The molecule has 0 saturated heterocycles. The first kappa shape index (κ1) is 53.3. The van der Waals surface area contributed by atoms with E-state index in [1.54, 1.807) is 0 Å². The molecule has 0 amide bonds. The monoisotopic (exact) mass is 1090 g/mol. The normalized spacial score (nSPS) is 18.1. The summed E-state index contributed by atoms with van der Waals surface area (Å²) in [6.07, 6.45) is 5.17. The number of benzene rings is 6. The van der Waals surface area contributed by atoms with Gasteiger partial charge in [0, 0.05) is 0 Å². The summed E-state index contributed by atoms with van der Waals surface area (Å²) in [7, 11) is 18.5. The quantitative estimate of drug-likeness (QED) is 0.151. The van der Waals surface area contributed by atoms with Crippen molar-refractivity contribution in [2.45, 2.75) is 167 Å². The summed E-state index contributed by atoms with van der Waals surface area (Å²) in [4.78, 5) is 0. The first-order valence-electron chi connectivity index (χ1n) is 26.8. The fourth-order valence-electron chi connectivity index (χ4n) is 12.7. The third-order valence-electron chi connectivity index (χ3n) is 16.9. The second-order valence-corrected chi connectivity index (χ2v) is 50.9. The van der Waals surface area contributed by atoms with Crippen LogP contribution < -0.4 is 13.6 Å². The summed E-state index contributed by atoms with van der Waals surface area (Å²) in [5, 5.41) is 2.94. The summed E-state index contributed by atoms with van der Waals surface area (Å²) < 4.78 is 0.869. The van der Waals surface area contributed by atoms with Crippen LogP contribution in [-0.4, -0.2) is 9.52 Å². The van der Waals surface area contributed by atoms with Crippen LogP contribution in [0.25, 0.3) is 45.5 Å². The van der Waals surface area contributed by atoms with E-state index in [0.717, 1.165) is 0 Å². The van der Waals surface area contributed by atoms with Gasteiger partial charge in [-0.05, 0) is 0 Å². The molecule has 0 bridgehead atoms. The van der Waals surface area contributed by atoms with Gasteiger partial charge in [-0.3, -0.25) is 0 Å². The van der Waals surface area contributed by atoms with Gasteiger partial charge in [-0.2, -0.15) is 0 Å². The summed E-state index contributed by atoms with van der Waals surface area (Å²) in [5.74, 6) is 0. The Morgan fingerprint density at radius 1 is 0.417 bits per heavy atom. The van der Waals surface area contributed by atoms with Crippen LogP contribution in [0.15, 0.2) is 114 Å². The molecule has 3 aliphatic rings. The van der Waals surface area contributed by atoms with Crippen molar-refractivity contribution in [1.82, 2.24) is 0 Å². The number of hydrogen-bond acceptors (Lipinski definition) is 0. The summed E-state index contributed by atoms with van der Waals surface area (Å²) in [6.45, 7) is 47.2. The number of hydrogen-bond donors (Lipinski definition) is 0. The fraction of sp³-hybridized carbons (Fsp3) is 0.412. The molecule has 0 spiro atoms. The maximum atomic E-state index is 9.75. The van der Waals surface area contributed by atoms with E-state index in [9.17, 15) is 17.0 Å². The molecule has 0 fully saturated rings. The van der Waals surface area contributed by atoms with Gasteiger partial charge in [0.25, 0.3) is 0 Å². The summed E-state index contributed by atoms with van der Waals surface area (Å²) in [6, 6.07) is 40.7. The van der Waals surface area contributed by atoms with E-state index in [0.29, 0.717) is 0 Å². The molecular formula is C68H83Cl2SiZr. The molecular weight excluding hydrogens is 1010 g/mol. The summed E-state index contributed by atoms with van der Waals surface area (Å²) >= 11 is -5.96. The van der Waals surface area contributed by atoms with E-state index in [1.165, 1.54) is 114 Å². The SMILES string of the molecule is Cc1ccc2c(c1-c1cc(C(C)(C)C)cc(C(C)(C)C)c1)C=C(C(C)(C)C)[CH]2[Zr]([Cl])([Cl])([c]1cccc2c1[SiH2]c1ccccc1-2)[CH]1C(C(C)(C)C)=Cc2c1ccc(C)c2-c1cc(C(C)(C)C)cc(C(C)(C)C)c1. The van der Waals surface area contributed by atoms with E-state index < -0.39 is 25.9 Å². The fourth-order valence-corrected chi connectivity index (χ4v) is 41.0. The summed E-state index contributed by atoms with van der Waals surface area (Å²) in [5.41, 5.74) is 23.2. The number of rotatable bonds is 5. The molecule has 1 heterocycles. The predicted octanol–water partition coefficient (Wildman–Crippen LogP) is 17.9. The molecule has 4 heteroatoms. The van der Waals surface area contributed by atoms with Gasteiger partial charge in [-0.1, -0.05) is 0 Å². The Morgan fingerprint density at radius 3 is 1.17 bits per heavy atom. The third kappa shape index (κ3) is 8.85. The average molecular weight is 1090 g/mol. The Labute approximate surface area is 446 Å². The van der Waals surface area contributed by atoms with Gasteiger partial charge >= 0.3 is 450 Å². The van der Waals surface area contributed by atoms with Crippen molar-refractivity contribution in [2.24, 2.45) is 10.8 Å². The van der Waals surface area contributed by atoms with E-state index >= 15 is 0 Å². The van der Waals surface area contributed by atoms with E-state index in [-0.39, 0.29) is 39.7 Å². The standard InChI is InChI=1S/2C28H37.C12H9Si.2ClH.Zr/c2*1-18-11-12-19-13-23(28(8,9)10)17-24(19)25(18)20-14-21(26(2,3)4)16-22(15-20)27(5,6)7;1-3-7-11-9(5-1)10-6-2-4-8-12(10)13-11;;;/h2*11-17H,1-10H3;1-7H,13H2;2*1H;/q;;;;;+2/p-2. The Balaban J connectivity index is 1.42. The van der Waals surface area contributed by atoms with Crippen molar-refractivity contribution in [3.05, 3.63) is 170 Å². The Bertz CT molecular complexity index is 3040. The zero-order valence-corrected chi connectivity index (χ0v) is 53.0. The van der Waals surface area contributed by atoms with Crippen LogP contribution in [0.1, 0.15) is 188 Å². The zero-order chi connectivity index (χ0) is 52.9. The minimum absolute atomic E-state index is 0.0287. The zero-order valence-electron chi connectivity index (χ0n) is 47.6. The van der Waals surface area contributed by atoms with Gasteiger partial charge in [0.1, 0.15) is 0 Å². The molecule has 2 unspecified atom stereocenters. The Morgan fingerprint density at radius 2 is 0.792 bits per heavy atom. The van der Waals surface area contributed by atoms with Crippen molar-refractivity contribution in [3.63, 3.8) is 0 Å². The van der Waals surface area contributed by atoms with Gasteiger partial charge < -0.3 is 0 Å². The third-order valence-corrected chi connectivity index (χ3v) is 39.4. The van der Waals surface area contributed by atoms with Gasteiger partial charge in [0.05, 0.1) is 0 Å². The van der Waals surface area contributed by atoms with Crippen LogP contribution in [0, 0.1) is 24.7 Å². The van der Waals surface area contributed by atoms with E-state index in [1.807, 2.05) is 0 Å². The number of allylic oxidation sites excluding steroid dienone is 2. The molecule has 377 valence electrons. The molecule has 2 atom stereocenters. The number of fused-ring (bicyclic) bond motifs is 5. The molecule has 72 heavy (non-hydrogen) atoms. The molecule has 6 aromatic carbocycles. The van der Waals surface area contributed by atoms with Gasteiger partial charge in [0.15, 0.2) is 0 Å². The van der Waals surface area contributed by atoms with E-state index in [2.05, 4.69) is 254 Å². The van der Waals surface area contributed by atoms with E-state index in [4.69, 9.17) is 0 Å². The molecule has 0 nitrogen and oxygen atoms in total. The number of aryl methyl sites for hydroxylation is 2. The predicted molar refractivity (Wildman–Crippen MR) is 319 cm³/mol. The minimum atomic E-state index is -5.96. The first-order valence-corrected chi connectivity index (χ1v) is 38.6. The van der Waals surface area contributed by atoms with Crippen molar-refractivity contribution in [1.29, 1.82) is 0 Å². The van der Waals surface area contributed by atoms with Crippen LogP contribution in [0.5, 0.6) is 0 Å². The van der Waals surface area contributed by atoms with Crippen LogP contribution in [0.4, 0.5) is 0 Å². The van der Waals surface area contributed by atoms with Gasteiger partial charge in [0.2, 0.25) is 0 Å². The van der Waals surface area contributed by atoms with Crippen molar-refractivity contribution in [3.8, 4) is 33.4 Å². The first-order chi connectivity index (χ1) is 33.0. The van der Waals surface area contributed by atoms with Gasteiger partial charge in [-0.15, -0.1) is 0 Å². The second kappa shape index (κ2) is 17.3. The topological polar surface area (TPSA) is 0 Å². The number of halogens is 2. The van der Waals surface area contributed by atoms with Gasteiger partial charge in [-0.25, -0.2) is 0 Å². The van der Waals surface area contributed by atoms with Crippen LogP contribution >= 0.6 is 17.0 Å². The molecule has 0 saturated carbocycles. The van der Waals surface area contributed by atoms with Crippen LogP contribution in [0.3, 0.4) is 0 Å². The molecule has 1 aliphatic heterocycles. The molecule has 2 aliphatic carbocycles. The van der Waals surface area contributed by atoms with Crippen molar-refractivity contribution >= 4 is 52.3 Å². The molecule has 9 rings (SSSR count).